The molecule has 25 nitrogen and oxygen atoms in total. The van der Waals surface area contributed by atoms with Crippen LogP contribution in [0, 0.1) is 6.92 Å². The Labute approximate surface area is 392 Å². The van der Waals surface area contributed by atoms with E-state index in [-0.39, 0.29) is 22.2 Å². The Hall–Kier alpha value is -4.81. The fraction of sp³-hybridized carbons (Fsp3) is 0.316. The van der Waals surface area contributed by atoms with Gasteiger partial charge in [-0.15, -0.1) is 27.8 Å². The molecule has 2 heterocycles. The van der Waals surface area contributed by atoms with Crippen molar-refractivity contribution in [2.24, 2.45) is 10.2 Å². The first-order chi connectivity index (χ1) is 31.7. The molecule has 68 heavy (non-hydrogen) atoms. The highest BCUT2D eigenvalue weighted by Crippen LogP contribution is 2.45. The zero-order chi connectivity index (χ0) is 50.2. The van der Waals surface area contributed by atoms with Gasteiger partial charge in [0, 0.05) is 17.7 Å². The summed E-state index contributed by atoms with van der Waals surface area (Å²) < 4.78 is 107. The number of aliphatic hydroxyl groups excluding tert-OH is 10. The first-order valence-corrected chi connectivity index (χ1v) is 25.3. The molecule has 8 unspecified atom stereocenters. The highest BCUT2D eigenvalue weighted by Gasteiger charge is 2.36. The van der Waals surface area contributed by atoms with Crippen molar-refractivity contribution >= 4 is 96.2 Å². The fourth-order valence-corrected chi connectivity index (χ4v) is 10.9. The molecule has 0 fully saturated rings. The molecule has 0 spiro atoms. The van der Waals surface area contributed by atoms with Crippen molar-refractivity contribution in [3.8, 4) is 21.1 Å². The summed E-state index contributed by atoms with van der Waals surface area (Å²) in [5, 5.41) is 114. The summed E-state index contributed by atoms with van der Waals surface area (Å²) >= 11 is 2.47. The van der Waals surface area contributed by atoms with Crippen molar-refractivity contribution in [1.82, 2.24) is 9.97 Å². The van der Waals surface area contributed by atoms with Crippen molar-refractivity contribution in [1.29, 1.82) is 0 Å². The van der Waals surface area contributed by atoms with Crippen LogP contribution < -0.4 is 10.6 Å². The van der Waals surface area contributed by atoms with Gasteiger partial charge >= 0.3 is 0 Å². The lowest BCUT2D eigenvalue weighted by Gasteiger charge is -2.29. The van der Waals surface area contributed by atoms with Gasteiger partial charge in [-0.3, -0.25) is 13.7 Å². The molecule has 30 heteroatoms. The van der Waals surface area contributed by atoms with Crippen LogP contribution >= 0.6 is 22.7 Å². The van der Waals surface area contributed by atoms with E-state index in [0.717, 1.165) is 0 Å². The van der Waals surface area contributed by atoms with Gasteiger partial charge in [-0.05, 0) is 67.1 Å². The van der Waals surface area contributed by atoms with Crippen LogP contribution in [0.5, 0.6) is 0 Å². The largest absolute Gasteiger partial charge is 0.394 e. The van der Waals surface area contributed by atoms with Gasteiger partial charge in [0.25, 0.3) is 30.4 Å². The lowest BCUT2D eigenvalue weighted by molar-refractivity contribution is -0.111. The minimum absolute atomic E-state index is 0.0614. The minimum Gasteiger partial charge on any atom is -0.394 e. The van der Waals surface area contributed by atoms with Crippen LogP contribution in [-0.4, -0.2) is 169 Å². The Morgan fingerprint density at radius 1 is 0.603 bits per heavy atom. The predicted molar refractivity (Wildman–Crippen MR) is 243 cm³/mol. The Morgan fingerprint density at radius 2 is 1.15 bits per heavy atom. The number of anilines is 2. The number of aliphatic hydroxyl groups is 10. The normalized spacial score (nSPS) is 16.4. The first kappa shape index (κ1) is 52.6. The van der Waals surface area contributed by atoms with Crippen LogP contribution in [0.25, 0.3) is 41.6 Å². The van der Waals surface area contributed by atoms with Gasteiger partial charge in [-0.25, -0.2) is 9.97 Å². The van der Waals surface area contributed by atoms with E-state index in [1.165, 1.54) is 53.9 Å². The topological polar surface area (TPSA) is 440 Å². The third-order valence-electron chi connectivity index (χ3n) is 10.1. The standard InChI is InChI=1S/C38H42N6O19S5/c1-15-2-9-23-27(35(15)68(61,62)63)42-38(64-23)17-5-8-19-24(10-17)65-37(40-19)16-3-6-18(7-4-16)43-44-30-28(39-12-20(47)31(50)32(51)21(48)13-45)25(66(55,56)57)11-26(67(58,59)60)29(30)41-36(54)34(53)33(52)22(49)14-46/h2-11,20-22,31-34,36,39,41,45-54H,12-14H2,1H3,(H,55,56,57)(H,58,59,60)(H,61,62,63). The summed E-state index contributed by atoms with van der Waals surface area (Å²) in [6, 6.07) is 14.4. The molecule has 0 aliphatic carbocycles. The van der Waals surface area contributed by atoms with Gasteiger partial charge in [0.2, 0.25) is 0 Å². The second-order valence-electron chi connectivity index (χ2n) is 14.9. The first-order valence-electron chi connectivity index (χ1n) is 19.4. The quantitative estimate of drug-likeness (QED) is 0.0279. The van der Waals surface area contributed by atoms with Crippen LogP contribution in [0.1, 0.15) is 5.56 Å². The van der Waals surface area contributed by atoms with E-state index in [1.54, 1.807) is 30.3 Å². The maximum Gasteiger partial charge on any atom is 0.296 e. The lowest BCUT2D eigenvalue weighted by Crippen LogP contribution is -2.48. The molecular weight excluding hydrogens is 1000 g/mol. The Balaban J connectivity index is 1.40. The van der Waals surface area contributed by atoms with Gasteiger partial charge in [0.05, 0.1) is 51.3 Å². The average Bonchev–Trinajstić information content (AvgIpc) is 3.92. The molecule has 0 aliphatic rings. The Morgan fingerprint density at radius 3 is 1.74 bits per heavy atom. The highest BCUT2D eigenvalue weighted by atomic mass is 32.2. The van der Waals surface area contributed by atoms with E-state index >= 15 is 0 Å². The maximum absolute atomic E-state index is 12.8. The molecule has 6 aromatic rings. The number of nitrogens with one attached hydrogen (secondary N) is 2. The Bertz CT molecular complexity index is 3190. The minimum atomic E-state index is -5.63. The Kier molecular flexibility index (Phi) is 16.0. The van der Waals surface area contributed by atoms with E-state index in [4.69, 9.17) is 5.11 Å². The smallest absolute Gasteiger partial charge is 0.296 e. The van der Waals surface area contributed by atoms with Crippen LogP contribution in [0.4, 0.5) is 22.7 Å². The summed E-state index contributed by atoms with van der Waals surface area (Å²) in [5.41, 5.74) is -0.994. The van der Waals surface area contributed by atoms with E-state index < -0.39 is 126 Å². The molecule has 0 saturated carbocycles. The number of hydrogen-bond acceptors (Lipinski definition) is 24. The van der Waals surface area contributed by atoms with Crippen LogP contribution in [-0.2, 0) is 30.4 Å². The van der Waals surface area contributed by atoms with E-state index in [0.29, 0.717) is 41.6 Å². The van der Waals surface area contributed by atoms with Crippen molar-refractivity contribution in [3.05, 3.63) is 66.2 Å². The van der Waals surface area contributed by atoms with Crippen molar-refractivity contribution in [2.45, 2.75) is 70.6 Å². The predicted octanol–water partition coefficient (Wildman–Crippen LogP) is 0.357. The van der Waals surface area contributed by atoms with Crippen molar-refractivity contribution in [2.75, 3.05) is 30.4 Å². The molecule has 0 amide bonds. The zero-order valence-corrected chi connectivity index (χ0v) is 38.7. The monoisotopic (exact) mass is 1050 g/mol. The van der Waals surface area contributed by atoms with Gasteiger partial charge < -0.3 is 61.7 Å². The second-order valence-corrected chi connectivity index (χ2v) is 21.1. The van der Waals surface area contributed by atoms with Crippen LogP contribution in [0.2, 0.25) is 0 Å². The van der Waals surface area contributed by atoms with Gasteiger partial charge in [-0.1, -0.05) is 6.07 Å². The highest BCUT2D eigenvalue weighted by molar-refractivity contribution is 7.87. The number of azo groups is 1. The van der Waals surface area contributed by atoms with E-state index in [2.05, 4.69) is 25.5 Å². The molecule has 0 saturated heterocycles. The average molecular weight is 1050 g/mol. The lowest BCUT2D eigenvalue weighted by atomic mass is 10.0. The molecule has 15 N–H and O–H groups in total. The molecule has 6 rings (SSSR count). The van der Waals surface area contributed by atoms with Crippen molar-refractivity contribution < 1.29 is 90.0 Å². The molecule has 0 radical (unpaired) electrons. The number of rotatable bonds is 20. The summed E-state index contributed by atoms with van der Waals surface area (Å²) in [6.45, 7) is -1.69. The SMILES string of the molecule is Cc1ccc2sc(-c3ccc4nc(-c5ccc(N=Nc6c(NCC(O)C(O)C(O)C(O)CO)c(S(=O)(=O)O)cc(S(=O)(=O)O)c6NC(O)C(O)C(O)C(O)CO)cc5)sc4c3)nc2c1S(=O)(=O)O. The molecule has 4 aromatic carbocycles. The molecule has 368 valence electrons. The second kappa shape index (κ2) is 20.6. The summed E-state index contributed by atoms with van der Waals surface area (Å²) in [5.74, 6) is 0. The third kappa shape index (κ3) is 11.4. The molecular formula is C38H42N6O19S5. The summed E-state index contributed by atoms with van der Waals surface area (Å²) in [6.07, 6.45) is -18.0. The molecule has 2 aromatic heterocycles. The maximum atomic E-state index is 12.8. The number of fused-ring (bicyclic) bond motifs is 2. The fourth-order valence-electron chi connectivity index (χ4n) is 6.56. The van der Waals surface area contributed by atoms with E-state index in [1.807, 2.05) is 5.32 Å². The molecule has 0 aliphatic heterocycles. The molecule has 0 bridgehead atoms. The summed E-state index contributed by atoms with van der Waals surface area (Å²) in [7, 11) is -15.8. The van der Waals surface area contributed by atoms with E-state index in [9.17, 15) is 84.9 Å². The number of hydrogen-bond donors (Lipinski definition) is 15. The number of aryl methyl sites for hydroxylation is 1. The van der Waals surface area contributed by atoms with Gasteiger partial charge in [-0.2, -0.15) is 30.4 Å². The summed E-state index contributed by atoms with van der Waals surface area (Å²) in [4.78, 5) is 6.04. The number of benzene rings is 4. The third-order valence-corrected chi connectivity index (χ3v) is 15.1. The number of aromatic nitrogens is 2. The number of nitrogens with zero attached hydrogens (tertiary/aromatic N) is 4. The van der Waals surface area contributed by atoms with Gasteiger partial charge in [0.1, 0.15) is 72.5 Å². The number of thiazole rings is 2. The van der Waals surface area contributed by atoms with Crippen LogP contribution in [0.15, 0.2) is 85.6 Å². The van der Waals surface area contributed by atoms with Gasteiger partial charge in [0.15, 0.2) is 6.23 Å². The van der Waals surface area contributed by atoms with Crippen LogP contribution in [0.3, 0.4) is 0 Å². The molecule has 8 atom stereocenters. The van der Waals surface area contributed by atoms with Crippen molar-refractivity contribution in [3.63, 3.8) is 0 Å². The zero-order valence-electron chi connectivity index (χ0n) is 34.6.